The van der Waals surface area contributed by atoms with E-state index in [0.29, 0.717) is 0 Å². The van der Waals surface area contributed by atoms with Crippen LogP contribution in [-0.2, 0) is 11.3 Å². The van der Waals surface area contributed by atoms with Crippen LogP contribution in [0.5, 0.6) is 0 Å². The van der Waals surface area contributed by atoms with Gasteiger partial charge in [0.05, 0.1) is 16.7 Å². The highest BCUT2D eigenvalue weighted by atomic mass is 32.1. The Hall–Kier alpha value is -1.40. The molecule has 1 unspecified atom stereocenters. The van der Waals surface area contributed by atoms with Crippen LogP contribution in [0.2, 0.25) is 0 Å². The monoisotopic (exact) mass is 294 g/mol. The van der Waals surface area contributed by atoms with E-state index in [9.17, 15) is 0 Å². The third kappa shape index (κ3) is 3.58. The van der Waals surface area contributed by atoms with E-state index in [-0.39, 0.29) is 6.04 Å². The number of nitrogens with one attached hydrogen (secondary N) is 1. The van der Waals surface area contributed by atoms with Crippen LogP contribution in [0.3, 0.4) is 0 Å². The summed E-state index contributed by atoms with van der Waals surface area (Å²) in [6, 6.07) is 0.213. The fourth-order valence-corrected chi connectivity index (χ4v) is 3.15. The van der Waals surface area contributed by atoms with E-state index < -0.39 is 0 Å². The van der Waals surface area contributed by atoms with Crippen molar-refractivity contribution in [3.63, 3.8) is 0 Å². The van der Waals surface area contributed by atoms with Crippen molar-refractivity contribution in [1.29, 1.82) is 0 Å². The van der Waals surface area contributed by atoms with Gasteiger partial charge in [0.2, 0.25) is 5.95 Å². The number of rotatable bonds is 7. The van der Waals surface area contributed by atoms with E-state index in [0.717, 1.165) is 36.2 Å². The van der Waals surface area contributed by atoms with E-state index in [4.69, 9.17) is 4.74 Å². The van der Waals surface area contributed by atoms with E-state index in [1.807, 2.05) is 19.3 Å². The van der Waals surface area contributed by atoms with Gasteiger partial charge in [-0.15, -0.1) is 11.3 Å². The average molecular weight is 294 g/mol. The lowest BCUT2D eigenvalue weighted by molar-refractivity contribution is 0.190. The zero-order valence-electron chi connectivity index (χ0n) is 12.5. The first-order valence-corrected chi connectivity index (χ1v) is 7.64. The Morgan fingerprint density at radius 2 is 2.25 bits per heavy atom. The molecule has 0 spiro atoms. The van der Waals surface area contributed by atoms with Crippen molar-refractivity contribution < 1.29 is 4.74 Å². The van der Waals surface area contributed by atoms with Crippen LogP contribution in [0.15, 0.2) is 12.4 Å². The molecule has 0 aromatic carbocycles. The van der Waals surface area contributed by atoms with Gasteiger partial charge < -0.3 is 14.6 Å². The number of anilines is 1. The molecule has 1 atom stereocenters. The highest BCUT2D eigenvalue weighted by Crippen LogP contribution is 2.27. The van der Waals surface area contributed by atoms with Crippen molar-refractivity contribution in [1.82, 2.24) is 14.5 Å². The third-order valence-corrected chi connectivity index (χ3v) is 4.40. The first-order chi connectivity index (χ1) is 9.61. The van der Waals surface area contributed by atoms with Crippen LogP contribution in [0.25, 0.3) is 0 Å². The van der Waals surface area contributed by atoms with Gasteiger partial charge in [-0.25, -0.2) is 9.97 Å². The van der Waals surface area contributed by atoms with Gasteiger partial charge in [0, 0.05) is 37.5 Å². The van der Waals surface area contributed by atoms with E-state index in [1.54, 1.807) is 18.4 Å². The number of ether oxygens (including phenoxy) is 1. The van der Waals surface area contributed by atoms with Gasteiger partial charge in [-0.1, -0.05) is 0 Å². The highest BCUT2D eigenvalue weighted by Gasteiger charge is 2.14. The lowest BCUT2D eigenvalue weighted by Gasteiger charge is -2.15. The predicted molar refractivity (Wildman–Crippen MR) is 82.3 cm³/mol. The Morgan fingerprint density at radius 3 is 2.90 bits per heavy atom. The molecule has 0 radical (unpaired) electrons. The van der Waals surface area contributed by atoms with E-state index in [2.05, 4.69) is 33.7 Å². The fourth-order valence-electron chi connectivity index (χ4n) is 2.22. The second kappa shape index (κ2) is 6.85. The molecule has 6 heteroatoms. The number of nitrogens with zero attached hydrogens (tertiary/aromatic N) is 3. The quantitative estimate of drug-likeness (QED) is 0.797. The van der Waals surface area contributed by atoms with Crippen LogP contribution >= 0.6 is 11.3 Å². The first-order valence-electron chi connectivity index (χ1n) is 6.82. The fraction of sp³-hybridized carbons (Fsp3) is 0.571. The zero-order chi connectivity index (χ0) is 14.5. The number of hydrogen-bond donors (Lipinski definition) is 1. The number of hydrogen-bond acceptors (Lipinski definition) is 5. The smallest absolute Gasteiger partial charge is 0.203 e. The molecule has 5 nitrogen and oxygen atoms in total. The SMILES string of the molecule is COCCCn1ccnc1NC(C)c1sc(C)nc1C. The van der Waals surface area contributed by atoms with Crippen LogP contribution < -0.4 is 5.32 Å². The molecule has 110 valence electrons. The molecule has 20 heavy (non-hydrogen) atoms. The van der Waals surface area contributed by atoms with Crippen LogP contribution in [0.4, 0.5) is 5.95 Å². The van der Waals surface area contributed by atoms with Gasteiger partial charge in [0.15, 0.2) is 0 Å². The topological polar surface area (TPSA) is 52.0 Å². The Bertz CT molecular complexity index is 549. The molecular weight excluding hydrogens is 272 g/mol. The second-order valence-corrected chi connectivity index (χ2v) is 6.07. The lowest BCUT2D eigenvalue weighted by Crippen LogP contribution is -2.12. The van der Waals surface area contributed by atoms with Crippen molar-refractivity contribution in [2.24, 2.45) is 0 Å². The van der Waals surface area contributed by atoms with E-state index >= 15 is 0 Å². The second-order valence-electron chi connectivity index (χ2n) is 4.84. The molecule has 2 heterocycles. The molecule has 0 fully saturated rings. The molecule has 0 aliphatic heterocycles. The summed E-state index contributed by atoms with van der Waals surface area (Å²) in [5.41, 5.74) is 1.10. The number of aryl methyl sites for hydroxylation is 3. The maximum absolute atomic E-state index is 5.09. The first kappa shape index (κ1) is 15.0. The predicted octanol–water partition coefficient (Wildman–Crippen LogP) is 3.17. The van der Waals surface area contributed by atoms with Crippen molar-refractivity contribution in [2.45, 2.75) is 39.8 Å². The molecule has 0 amide bonds. The Balaban J connectivity index is 2.02. The molecule has 0 saturated heterocycles. The minimum absolute atomic E-state index is 0.213. The highest BCUT2D eigenvalue weighted by molar-refractivity contribution is 7.11. The average Bonchev–Trinajstić information content (AvgIpc) is 2.96. The van der Waals surface area contributed by atoms with Crippen LogP contribution in [0.1, 0.15) is 35.0 Å². The molecule has 0 saturated carbocycles. The molecule has 1 N–H and O–H groups in total. The summed E-state index contributed by atoms with van der Waals surface area (Å²) in [4.78, 5) is 10.1. The van der Waals surface area contributed by atoms with Crippen LogP contribution in [-0.4, -0.2) is 28.3 Å². The number of thiazole rings is 1. The third-order valence-electron chi connectivity index (χ3n) is 3.14. The summed E-state index contributed by atoms with van der Waals surface area (Å²) in [5, 5.41) is 4.58. The van der Waals surface area contributed by atoms with Gasteiger partial charge in [0.1, 0.15) is 0 Å². The normalized spacial score (nSPS) is 12.6. The van der Waals surface area contributed by atoms with Gasteiger partial charge in [-0.3, -0.25) is 0 Å². The Labute approximate surface area is 124 Å². The molecular formula is C14H22N4OS. The summed E-state index contributed by atoms with van der Waals surface area (Å²) in [6.07, 6.45) is 4.80. The van der Waals surface area contributed by atoms with Gasteiger partial charge in [-0.05, 0) is 27.2 Å². The standard InChI is InChI=1S/C14H22N4OS/c1-10-13(20-12(3)16-10)11(2)17-14-15-6-8-18(14)7-5-9-19-4/h6,8,11H,5,7,9H2,1-4H3,(H,15,17). The van der Waals surface area contributed by atoms with Gasteiger partial charge >= 0.3 is 0 Å². The summed E-state index contributed by atoms with van der Waals surface area (Å²) in [5.74, 6) is 0.902. The summed E-state index contributed by atoms with van der Waals surface area (Å²) >= 11 is 1.74. The van der Waals surface area contributed by atoms with Crippen molar-refractivity contribution >= 4 is 17.3 Å². The van der Waals surface area contributed by atoms with Crippen LogP contribution in [0, 0.1) is 13.8 Å². The van der Waals surface area contributed by atoms with Crippen molar-refractivity contribution in [3.05, 3.63) is 28.0 Å². The Kier molecular flexibility index (Phi) is 5.14. The molecule has 2 aromatic heterocycles. The number of aromatic nitrogens is 3. The summed E-state index contributed by atoms with van der Waals surface area (Å²) in [7, 11) is 1.73. The summed E-state index contributed by atoms with van der Waals surface area (Å²) < 4.78 is 7.21. The molecule has 2 rings (SSSR count). The van der Waals surface area contributed by atoms with Gasteiger partial charge in [0.25, 0.3) is 0 Å². The lowest BCUT2D eigenvalue weighted by atomic mass is 10.2. The van der Waals surface area contributed by atoms with Gasteiger partial charge in [-0.2, -0.15) is 0 Å². The Morgan fingerprint density at radius 1 is 1.45 bits per heavy atom. The molecule has 0 bridgehead atoms. The maximum Gasteiger partial charge on any atom is 0.203 e. The minimum Gasteiger partial charge on any atom is -0.385 e. The summed E-state index contributed by atoms with van der Waals surface area (Å²) in [6.45, 7) is 7.92. The molecule has 0 aliphatic rings. The maximum atomic E-state index is 5.09. The van der Waals surface area contributed by atoms with Crippen molar-refractivity contribution in [3.8, 4) is 0 Å². The van der Waals surface area contributed by atoms with Crippen molar-refractivity contribution in [2.75, 3.05) is 19.0 Å². The minimum atomic E-state index is 0.213. The zero-order valence-corrected chi connectivity index (χ0v) is 13.3. The largest absolute Gasteiger partial charge is 0.385 e. The molecule has 0 aliphatic carbocycles. The number of imidazole rings is 1. The van der Waals surface area contributed by atoms with E-state index in [1.165, 1.54) is 4.88 Å². The molecule has 2 aromatic rings. The number of methoxy groups -OCH3 is 1.